The second kappa shape index (κ2) is 2.24. The van der Waals surface area contributed by atoms with Crippen LogP contribution in [0, 0.1) is 13.8 Å². The van der Waals surface area contributed by atoms with Gasteiger partial charge in [-0.05, 0) is 13.8 Å². The van der Waals surface area contributed by atoms with Crippen molar-refractivity contribution < 1.29 is 5.11 Å². The summed E-state index contributed by atoms with van der Waals surface area (Å²) >= 11 is 0. The number of hydrogen-bond donors (Lipinski definition) is 1. The summed E-state index contributed by atoms with van der Waals surface area (Å²) in [7, 11) is 0. The summed E-state index contributed by atoms with van der Waals surface area (Å²) in [6.07, 6.45) is 3.80. The van der Waals surface area contributed by atoms with Gasteiger partial charge >= 0.3 is 0 Å². The minimum atomic E-state index is 0.299. The lowest BCUT2D eigenvalue weighted by Crippen LogP contribution is -1.84. The molecule has 0 aliphatic rings. The van der Waals surface area contributed by atoms with Gasteiger partial charge in [0.1, 0.15) is 11.4 Å². The van der Waals surface area contributed by atoms with E-state index in [0.29, 0.717) is 5.75 Å². The molecule has 12 heavy (non-hydrogen) atoms. The fourth-order valence-electron chi connectivity index (χ4n) is 1.26. The highest BCUT2D eigenvalue weighted by Gasteiger charge is 2.01. The fourth-order valence-corrected chi connectivity index (χ4v) is 1.26. The van der Waals surface area contributed by atoms with E-state index in [0.717, 1.165) is 16.9 Å². The molecule has 0 unspecified atom stereocenters. The minimum absolute atomic E-state index is 0.299. The molecule has 0 bridgehead atoms. The van der Waals surface area contributed by atoms with Gasteiger partial charge in [0.2, 0.25) is 0 Å². The number of pyridine rings is 1. The van der Waals surface area contributed by atoms with Crippen LogP contribution < -0.4 is 0 Å². The van der Waals surface area contributed by atoms with E-state index in [1.54, 1.807) is 6.07 Å². The number of imidazole rings is 1. The van der Waals surface area contributed by atoms with E-state index in [9.17, 15) is 5.11 Å². The predicted molar refractivity (Wildman–Crippen MR) is 46.3 cm³/mol. The third kappa shape index (κ3) is 0.942. The smallest absolute Gasteiger partial charge is 0.140 e. The first kappa shape index (κ1) is 7.16. The maximum absolute atomic E-state index is 9.37. The van der Waals surface area contributed by atoms with Gasteiger partial charge in [-0.2, -0.15) is 0 Å². The molecule has 2 aromatic rings. The molecule has 1 N–H and O–H groups in total. The van der Waals surface area contributed by atoms with Crippen molar-refractivity contribution in [1.82, 2.24) is 9.38 Å². The van der Waals surface area contributed by atoms with Gasteiger partial charge in [0.25, 0.3) is 0 Å². The molecular formula is C9H10N2O. The molecule has 0 aliphatic carbocycles. The molecule has 0 aromatic carbocycles. The second-order valence-corrected chi connectivity index (χ2v) is 2.99. The number of hydrogen-bond acceptors (Lipinski definition) is 2. The van der Waals surface area contributed by atoms with Gasteiger partial charge < -0.3 is 9.51 Å². The van der Waals surface area contributed by atoms with E-state index in [-0.39, 0.29) is 0 Å². The van der Waals surface area contributed by atoms with Crippen LogP contribution in [-0.2, 0) is 0 Å². The van der Waals surface area contributed by atoms with Crippen molar-refractivity contribution in [3.8, 4) is 5.75 Å². The van der Waals surface area contributed by atoms with E-state index in [4.69, 9.17) is 0 Å². The van der Waals surface area contributed by atoms with E-state index in [2.05, 4.69) is 4.98 Å². The Morgan fingerprint density at radius 3 is 2.83 bits per heavy atom. The molecule has 3 heteroatoms. The summed E-state index contributed by atoms with van der Waals surface area (Å²) in [6.45, 7) is 3.80. The second-order valence-electron chi connectivity index (χ2n) is 2.99. The summed E-state index contributed by atoms with van der Waals surface area (Å²) in [6, 6.07) is 1.67. The van der Waals surface area contributed by atoms with E-state index >= 15 is 0 Å². The van der Waals surface area contributed by atoms with Crippen molar-refractivity contribution in [1.29, 1.82) is 0 Å². The van der Waals surface area contributed by atoms with Gasteiger partial charge in [0.15, 0.2) is 0 Å². The maximum atomic E-state index is 9.37. The molecule has 0 fully saturated rings. The largest absolute Gasteiger partial charge is 0.507 e. The average Bonchev–Trinajstić information content (AvgIpc) is 2.30. The molecule has 0 atom stereocenters. The van der Waals surface area contributed by atoms with Crippen LogP contribution in [0.5, 0.6) is 5.75 Å². The molecule has 0 radical (unpaired) electrons. The summed E-state index contributed by atoms with van der Waals surface area (Å²) in [5.74, 6) is 0.299. The number of aromatic hydroxyl groups is 1. The van der Waals surface area contributed by atoms with Crippen LogP contribution in [0.2, 0.25) is 0 Å². The first-order chi connectivity index (χ1) is 5.66. The minimum Gasteiger partial charge on any atom is -0.507 e. The highest BCUT2D eigenvalue weighted by molar-refractivity contribution is 5.48. The van der Waals surface area contributed by atoms with Crippen LogP contribution in [0.15, 0.2) is 18.5 Å². The lowest BCUT2D eigenvalue weighted by Gasteiger charge is -1.98. The molecule has 2 rings (SSSR count). The molecule has 3 nitrogen and oxygen atoms in total. The highest BCUT2D eigenvalue weighted by Crippen LogP contribution is 2.17. The molecule has 2 heterocycles. The quantitative estimate of drug-likeness (QED) is 0.639. The van der Waals surface area contributed by atoms with Crippen molar-refractivity contribution in [2.45, 2.75) is 13.8 Å². The molecule has 0 saturated carbocycles. The first-order valence-corrected chi connectivity index (χ1v) is 3.82. The third-order valence-corrected chi connectivity index (χ3v) is 1.88. The number of fused-ring (bicyclic) bond motifs is 1. The Morgan fingerprint density at radius 2 is 2.08 bits per heavy atom. The molecule has 0 amide bonds. The third-order valence-electron chi connectivity index (χ3n) is 1.88. The van der Waals surface area contributed by atoms with E-state index in [1.807, 2.05) is 30.6 Å². The zero-order valence-electron chi connectivity index (χ0n) is 7.07. The Balaban J connectivity index is 2.83. The van der Waals surface area contributed by atoms with Crippen LogP contribution in [0.25, 0.3) is 5.65 Å². The van der Waals surface area contributed by atoms with Crippen LogP contribution in [0.3, 0.4) is 0 Å². The van der Waals surface area contributed by atoms with Crippen LogP contribution in [0.1, 0.15) is 11.3 Å². The zero-order chi connectivity index (χ0) is 8.72. The van der Waals surface area contributed by atoms with Crippen LogP contribution in [-0.4, -0.2) is 14.5 Å². The Morgan fingerprint density at radius 1 is 1.33 bits per heavy atom. The molecule has 0 saturated heterocycles. The van der Waals surface area contributed by atoms with Gasteiger partial charge in [-0.1, -0.05) is 0 Å². The topological polar surface area (TPSA) is 37.5 Å². The van der Waals surface area contributed by atoms with Crippen molar-refractivity contribution in [2.24, 2.45) is 0 Å². The number of aromatic nitrogens is 2. The van der Waals surface area contributed by atoms with Crippen molar-refractivity contribution >= 4 is 5.65 Å². The summed E-state index contributed by atoms with van der Waals surface area (Å²) < 4.78 is 1.91. The summed E-state index contributed by atoms with van der Waals surface area (Å²) in [5, 5.41) is 9.37. The molecule has 0 spiro atoms. The SMILES string of the molecule is Cc1cn2cc(C)c(O)cc2n1. The normalized spacial score (nSPS) is 10.8. The Kier molecular flexibility index (Phi) is 1.33. The van der Waals surface area contributed by atoms with Crippen LogP contribution >= 0.6 is 0 Å². The Bertz CT molecular complexity index is 392. The van der Waals surface area contributed by atoms with Crippen molar-refractivity contribution in [3.05, 3.63) is 29.7 Å². The maximum Gasteiger partial charge on any atom is 0.140 e. The zero-order valence-corrected chi connectivity index (χ0v) is 7.07. The van der Waals surface area contributed by atoms with E-state index < -0.39 is 0 Å². The van der Waals surface area contributed by atoms with Gasteiger partial charge in [0, 0.05) is 24.0 Å². The Hall–Kier alpha value is -1.51. The lowest BCUT2D eigenvalue weighted by molar-refractivity contribution is 0.470. The number of aryl methyl sites for hydroxylation is 2. The Labute approximate surface area is 70.3 Å². The molecule has 2 aromatic heterocycles. The van der Waals surface area contributed by atoms with E-state index in [1.165, 1.54) is 0 Å². The molecular weight excluding hydrogens is 152 g/mol. The van der Waals surface area contributed by atoms with Gasteiger partial charge in [-0.3, -0.25) is 0 Å². The summed E-state index contributed by atoms with van der Waals surface area (Å²) in [5.41, 5.74) is 2.61. The first-order valence-electron chi connectivity index (χ1n) is 3.82. The highest BCUT2D eigenvalue weighted by atomic mass is 16.3. The van der Waals surface area contributed by atoms with Gasteiger partial charge in [-0.25, -0.2) is 4.98 Å². The average molecular weight is 162 g/mol. The van der Waals surface area contributed by atoms with Crippen molar-refractivity contribution in [3.63, 3.8) is 0 Å². The molecule has 0 aliphatic heterocycles. The van der Waals surface area contributed by atoms with Gasteiger partial charge in [0.05, 0.1) is 5.69 Å². The van der Waals surface area contributed by atoms with Crippen LogP contribution in [0.4, 0.5) is 0 Å². The monoisotopic (exact) mass is 162 g/mol. The lowest BCUT2D eigenvalue weighted by atomic mass is 10.3. The number of rotatable bonds is 0. The van der Waals surface area contributed by atoms with Gasteiger partial charge in [-0.15, -0.1) is 0 Å². The fraction of sp³-hybridized carbons (Fsp3) is 0.222. The summed E-state index contributed by atoms with van der Waals surface area (Å²) in [4.78, 5) is 4.22. The number of nitrogens with zero attached hydrogens (tertiary/aromatic N) is 2. The molecule has 62 valence electrons. The predicted octanol–water partition coefficient (Wildman–Crippen LogP) is 1.66. The van der Waals surface area contributed by atoms with Crippen molar-refractivity contribution in [2.75, 3.05) is 0 Å². The standard InChI is InChI=1S/C9H10N2O/c1-6-4-11-5-7(2)10-9(11)3-8(6)12/h3-5,12H,1-2H3.